The van der Waals surface area contributed by atoms with Gasteiger partial charge in [-0.1, -0.05) is 17.7 Å². The number of hydrogen-bond donors (Lipinski definition) is 0. The minimum absolute atomic E-state index is 0.0397. The largest absolute Gasteiger partial charge is 0.489 e. The van der Waals surface area contributed by atoms with Crippen LogP contribution in [0.5, 0.6) is 11.5 Å². The number of carbonyl (C=O) groups excluding carboxylic acids is 1. The van der Waals surface area contributed by atoms with Crippen molar-refractivity contribution in [2.24, 2.45) is 0 Å². The molecule has 0 saturated carbocycles. The quantitative estimate of drug-likeness (QED) is 0.303. The number of halogens is 2. The van der Waals surface area contributed by atoms with Crippen molar-refractivity contribution >= 4 is 29.1 Å². The summed E-state index contributed by atoms with van der Waals surface area (Å²) in [5.74, 6) is 0.184. The molecule has 6 nitrogen and oxygen atoms in total. The first-order valence-corrected chi connectivity index (χ1v) is 9.18. The number of fused-ring (bicyclic) bond motifs is 1. The van der Waals surface area contributed by atoms with Crippen molar-refractivity contribution in [3.8, 4) is 11.5 Å². The number of Topliss-reactive ketones (excluding diaryl/α,β-unsaturated/α-hetero) is 1. The molecule has 0 bridgehead atoms. The van der Waals surface area contributed by atoms with Gasteiger partial charge in [0.05, 0.1) is 15.5 Å². The summed E-state index contributed by atoms with van der Waals surface area (Å²) in [5.41, 5.74) is 1.56. The molecule has 1 aliphatic rings. The van der Waals surface area contributed by atoms with E-state index < -0.39 is 10.7 Å². The fraction of sp³-hybridized carbons (Fsp3) is 0.0455. The van der Waals surface area contributed by atoms with E-state index in [0.717, 1.165) is 0 Å². The van der Waals surface area contributed by atoms with E-state index in [9.17, 15) is 19.3 Å². The van der Waals surface area contributed by atoms with E-state index in [2.05, 4.69) is 0 Å². The summed E-state index contributed by atoms with van der Waals surface area (Å²) in [5, 5.41) is 11.0. The van der Waals surface area contributed by atoms with Gasteiger partial charge >= 0.3 is 0 Å². The van der Waals surface area contributed by atoms with Crippen molar-refractivity contribution in [1.29, 1.82) is 0 Å². The smallest absolute Gasteiger partial charge is 0.269 e. The number of non-ortho nitro benzene ring substituents is 1. The second kappa shape index (κ2) is 7.96. The summed E-state index contributed by atoms with van der Waals surface area (Å²) >= 11 is 6.00. The zero-order chi connectivity index (χ0) is 21.3. The van der Waals surface area contributed by atoms with Crippen molar-refractivity contribution in [1.82, 2.24) is 0 Å². The molecular weight excluding hydrogens is 413 g/mol. The van der Waals surface area contributed by atoms with Crippen LogP contribution in [0.3, 0.4) is 0 Å². The summed E-state index contributed by atoms with van der Waals surface area (Å²) in [4.78, 5) is 22.8. The molecule has 0 aliphatic carbocycles. The van der Waals surface area contributed by atoms with Gasteiger partial charge in [0.2, 0.25) is 5.78 Å². The lowest BCUT2D eigenvalue weighted by molar-refractivity contribution is -0.384. The topological polar surface area (TPSA) is 78.7 Å². The number of allylic oxidation sites excluding steroid dienone is 1. The van der Waals surface area contributed by atoms with Crippen molar-refractivity contribution in [3.63, 3.8) is 0 Å². The van der Waals surface area contributed by atoms with E-state index in [-0.39, 0.29) is 28.9 Å². The SMILES string of the molecule is O=C1C(=Cc2ccc([N+](=O)[O-])cc2)Oc2cc(OCc3ccc(F)cc3Cl)ccc21. The average Bonchev–Trinajstić information content (AvgIpc) is 3.02. The summed E-state index contributed by atoms with van der Waals surface area (Å²) in [6.45, 7) is 0.122. The zero-order valence-electron chi connectivity index (χ0n) is 15.3. The number of ether oxygens (including phenoxy) is 2. The number of rotatable bonds is 5. The van der Waals surface area contributed by atoms with Crippen molar-refractivity contribution in [2.75, 3.05) is 0 Å². The monoisotopic (exact) mass is 425 g/mol. The second-order valence-electron chi connectivity index (χ2n) is 6.47. The number of carbonyl (C=O) groups is 1. The molecule has 1 aliphatic heterocycles. The van der Waals surface area contributed by atoms with E-state index in [4.69, 9.17) is 21.1 Å². The fourth-order valence-corrected chi connectivity index (χ4v) is 3.12. The molecule has 0 unspecified atom stereocenters. The van der Waals surface area contributed by atoms with E-state index >= 15 is 0 Å². The summed E-state index contributed by atoms with van der Waals surface area (Å²) in [6.07, 6.45) is 1.52. The highest BCUT2D eigenvalue weighted by molar-refractivity contribution is 6.31. The second-order valence-corrected chi connectivity index (χ2v) is 6.88. The Bertz CT molecular complexity index is 1190. The highest BCUT2D eigenvalue weighted by Crippen LogP contribution is 2.35. The van der Waals surface area contributed by atoms with Gasteiger partial charge in [0.15, 0.2) is 5.76 Å². The van der Waals surface area contributed by atoms with Gasteiger partial charge in [0.1, 0.15) is 23.9 Å². The first-order valence-electron chi connectivity index (χ1n) is 8.80. The van der Waals surface area contributed by atoms with E-state index in [1.165, 1.54) is 48.5 Å². The average molecular weight is 426 g/mol. The molecule has 1 heterocycles. The molecule has 3 aromatic rings. The van der Waals surface area contributed by atoms with Crippen LogP contribution < -0.4 is 9.47 Å². The minimum atomic E-state index is -0.495. The highest BCUT2D eigenvalue weighted by Gasteiger charge is 2.27. The lowest BCUT2D eigenvalue weighted by Gasteiger charge is -2.08. The number of hydrogen-bond acceptors (Lipinski definition) is 5. The molecule has 0 saturated heterocycles. The Kier molecular flexibility index (Phi) is 5.20. The van der Waals surface area contributed by atoms with Gasteiger partial charge in [-0.05, 0) is 48.0 Å². The van der Waals surface area contributed by atoms with Gasteiger partial charge in [-0.15, -0.1) is 0 Å². The molecular formula is C22H13ClFNO5. The molecule has 3 aromatic carbocycles. The summed E-state index contributed by atoms with van der Waals surface area (Å²) in [7, 11) is 0. The van der Waals surface area contributed by atoms with Crippen LogP contribution in [0.1, 0.15) is 21.5 Å². The first kappa shape index (κ1) is 19.6. The molecule has 0 amide bonds. The van der Waals surface area contributed by atoms with Gasteiger partial charge in [-0.25, -0.2) is 4.39 Å². The summed E-state index contributed by atoms with van der Waals surface area (Å²) in [6, 6.07) is 14.6. The maximum atomic E-state index is 13.1. The predicted octanol–water partition coefficient (Wildman–Crippen LogP) is 5.58. The zero-order valence-corrected chi connectivity index (χ0v) is 16.1. The number of nitro benzene ring substituents is 1. The Balaban J connectivity index is 1.50. The van der Waals surface area contributed by atoms with Crippen LogP contribution in [0.15, 0.2) is 66.4 Å². The third kappa shape index (κ3) is 4.01. The maximum absolute atomic E-state index is 13.1. The van der Waals surface area contributed by atoms with Crippen LogP contribution in [0, 0.1) is 15.9 Å². The Morgan fingerprint density at radius 2 is 1.87 bits per heavy atom. The third-order valence-electron chi connectivity index (χ3n) is 4.45. The van der Waals surface area contributed by atoms with E-state index in [1.807, 2.05) is 0 Å². The van der Waals surface area contributed by atoms with Crippen LogP contribution in [0.25, 0.3) is 6.08 Å². The molecule has 30 heavy (non-hydrogen) atoms. The van der Waals surface area contributed by atoms with Crippen molar-refractivity contribution in [2.45, 2.75) is 6.61 Å². The lowest BCUT2D eigenvalue weighted by atomic mass is 10.1. The van der Waals surface area contributed by atoms with Crippen LogP contribution in [0.4, 0.5) is 10.1 Å². The molecule has 0 radical (unpaired) electrons. The Labute approximate surface area is 175 Å². The van der Waals surface area contributed by atoms with Gasteiger partial charge in [-0.3, -0.25) is 14.9 Å². The van der Waals surface area contributed by atoms with Gasteiger partial charge in [0.25, 0.3) is 5.69 Å². The van der Waals surface area contributed by atoms with Gasteiger partial charge in [-0.2, -0.15) is 0 Å². The highest BCUT2D eigenvalue weighted by atomic mass is 35.5. The molecule has 0 fully saturated rings. The van der Waals surface area contributed by atoms with E-state index in [0.29, 0.717) is 28.2 Å². The lowest BCUT2D eigenvalue weighted by Crippen LogP contribution is -1.98. The van der Waals surface area contributed by atoms with E-state index in [1.54, 1.807) is 18.2 Å². The molecule has 0 spiro atoms. The number of nitro groups is 1. The third-order valence-corrected chi connectivity index (χ3v) is 4.80. The summed E-state index contributed by atoms with van der Waals surface area (Å²) < 4.78 is 24.5. The predicted molar refractivity (Wildman–Crippen MR) is 108 cm³/mol. The fourth-order valence-electron chi connectivity index (χ4n) is 2.90. The van der Waals surface area contributed by atoms with Gasteiger partial charge < -0.3 is 9.47 Å². The Morgan fingerprint density at radius 1 is 1.10 bits per heavy atom. The first-order chi connectivity index (χ1) is 14.4. The van der Waals surface area contributed by atoms with Crippen LogP contribution >= 0.6 is 11.6 Å². The van der Waals surface area contributed by atoms with Crippen molar-refractivity contribution < 1.29 is 23.6 Å². The van der Waals surface area contributed by atoms with Crippen LogP contribution in [-0.4, -0.2) is 10.7 Å². The molecule has 150 valence electrons. The molecule has 0 N–H and O–H groups in total. The molecule has 0 aromatic heterocycles. The normalized spacial score (nSPS) is 13.8. The molecule has 8 heteroatoms. The Hall–Kier alpha value is -3.71. The minimum Gasteiger partial charge on any atom is -0.489 e. The van der Waals surface area contributed by atoms with Crippen LogP contribution in [0.2, 0.25) is 5.02 Å². The maximum Gasteiger partial charge on any atom is 0.269 e. The Morgan fingerprint density at radius 3 is 2.57 bits per heavy atom. The number of benzene rings is 3. The molecule has 0 atom stereocenters. The van der Waals surface area contributed by atoms with Gasteiger partial charge in [0, 0.05) is 23.8 Å². The van der Waals surface area contributed by atoms with Crippen molar-refractivity contribution in [3.05, 3.63) is 104 Å². The number of nitrogens with zero attached hydrogens (tertiary/aromatic N) is 1. The molecule has 4 rings (SSSR count). The standard InChI is InChI=1S/C22H13ClFNO5/c23-19-10-15(24)4-3-14(19)12-29-17-7-8-18-20(11-17)30-21(22(18)26)9-13-1-5-16(6-2-13)25(27)28/h1-11H,12H2. The van der Waals surface area contributed by atoms with Crippen LogP contribution in [-0.2, 0) is 6.61 Å². The number of ketones is 1.